The van der Waals surface area contributed by atoms with Gasteiger partial charge in [0.2, 0.25) is 0 Å². The van der Waals surface area contributed by atoms with Gasteiger partial charge in [-0.2, -0.15) is 5.10 Å². The van der Waals surface area contributed by atoms with E-state index in [1.807, 2.05) is 19.4 Å². The Kier molecular flexibility index (Phi) is 3.00. The van der Waals surface area contributed by atoms with Crippen molar-refractivity contribution in [1.29, 1.82) is 0 Å². The van der Waals surface area contributed by atoms with Crippen LogP contribution in [0.4, 0.5) is 0 Å². The molecule has 0 aromatic carbocycles. The van der Waals surface area contributed by atoms with Gasteiger partial charge in [-0.15, -0.1) is 5.10 Å². The minimum atomic E-state index is 0.566. The van der Waals surface area contributed by atoms with Gasteiger partial charge in [0.25, 0.3) is 0 Å². The molecule has 0 aliphatic rings. The Bertz CT molecular complexity index is 469. The van der Waals surface area contributed by atoms with Gasteiger partial charge in [0.1, 0.15) is 5.69 Å². The summed E-state index contributed by atoms with van der Waals surface area (Å²) in [4.78, 5) is 0. The van der Waals surface area contributed by atoms with Crippen molar-refractivity contribution in [1.82, 2.24) is 24.8 Å². The van der Waals surface area contributed by atoms with E-state index in [0.29, 0.717) is 13.1 Å². The summed E-state index contributed by atoms with van der Waals surface area (Å²) in [5, 5.41) is 12.5. The minimum Gasteiger partial charge on any atom is -0.329 e. The monoisotopic (exact) mass is 220 g/mol. The maximum atomic E-state index is 5.46. The lowest BCUT2D eigenvalue weighted by molar-refractivity contribution is 0.598. The Hall–Kier alpha value is -1.69. The molecule has 6 nitrogen and oxygen atoms in total. The molecule has 2 N–H and O–H groups in total. The smallest absolute Gasteiger partial charge is 0.116 e. The predicted octanol–water partition coefficient (Wildman–Crippen LogP) is 0.200. The number of hydrogen-bond donors (Lipinski definition) is 1. The molecule has 2 heterocycles. The molecule has 16 heavy (non-hydrogen) atoms. The molecule has 0 aliphatic carbocycles. The first kappa shape index (κ1) is 10.8. The molecule has 0 spiro atoms. The number of aryl methyl sites for hydroxylation is 2. The Balaban J connectivity index is 2.34. The first-order valence-electron chi connectivity index (χ1n) is 5.37. The molecule has 2 rings (SSSR count). The van der Waals surface area contributed by atoms with E-state index in [4.69, 9.17) is 5.73 Å². The van der Waals surface area contributed by atoms with E-state index in [1.54, 1.807) is 9.36 Å². The van der Waals surface area contributed by atoms with Gasteiger partial charge >= 0.3 is 0 Å². The highest BCUT2D eigenvalue weighted by molar-refractivity contribution is 5.59. The lowest BCUT2D eigenvalue weighted by Gasteiger charge is -1.94. The standard InChI is InChI=1S/C10H16N6/c1-3-9-8(6-15(2)13-9)10-7-16(5-4-11)14-12-10/h6-7H,3-5,11H2,1-2H3. The van der Waals surface area contributed by atoms with Crippen molar-refractivity contribution in [2.45, 2.75) is 19.9 Å². The lowest BCUT2D eigenvalue weighted by atomic mass is 10.1. The lowest BCUT2D eigenvalue weighted by Crippen LogP contribution is -2.10. The third-order valence-corrected chi connectivity index (χ3v) is 2.41. The first-order chi connectivity index (χ1) is 7.74. The second kappa shape index (κ2) is 4.44. The summed E-state index contributed by atoms with van der Waals surface area (Å²) in [5.41, 5.74) is 8.42. The van der Waals surface area contributed by atoms with Crippen molar-refractivity contribution in [3.05, 3.63) is 18.1 Å². The van der Waals surface area contributed by atoms with Crippen LogP contribution in [0.5, 0.6) is 0 Å². The predicted molar refractivity (Wildman–Crippen MR) is 60.7 cm³/mol. The van der Waals surface area contributed by atoms with Crippen LogP contribution in [0.15, 0.2) is 12.4 Å². The zero-order valence-electron chi connectivity index (χ0n) is 9.59. The molecule has 0 saturated heterocycles. The van der Waals surface area contributed by atoms with E-state index in [1.165, 1.54) is 0 Å². The van der Waals surface area contributed by atoms with E-state index >= 15 is 0 Å². The van der Waals surface area contributed by atoms with Crippen molar-refractivity contribution in [3.63, 3.8) is 0 Å². The molecule has 0 atom stereocenters. The summed E-state index contributed by atoms with van der Waals surface area (Å²) in [6.07, 6.45) is 4.76. The Morgan fingerprint density at radius 2 is 2.19 bits per heavy atom. The van der Waals surface area contributed by atoms with Gasteiger partial charge in [-0.3, -0.25) is 9.36 Å². The average molecular weight is 220 g/mol. The minimum absolute atomic E-state index is 0.566. The summed E-state index contributed by atoms with van der Waals surface area (Å²) in [7, 11) is 1.91. The fraction of sp³-hybridized carbons (Fsp3) is 0.500. The topological polar surface area (TPSA) is 74.5 Å². The van der Waals surface area contributed by atoms with Crippen molar-refractivity contribution in [2.75, 3.05) is 6.54 Å². The van der Waals surface area contributed by atoms with Crippen molar-refractivity contribution < 1.29 is 0 Å². The average Bonchev–Trinajstić information content (AvgIpc) is 2.85. The molecular formula is C10H16N6. The van der Waals surface area contributed by atoms with E-state index < -0.39 is 0 Å². The number of rotatable bonds is 4. The van der Waals surface area contributed by atoms with Gasteiger partial charge < -0.3 is 5.73 Å². The maximum absolute atomic E-state index is 5.46. The zero-order chi connectivity index (χ0) is 11.5. The molecule has 86 valence electrons. The van der Waals surface area contributed by atoms with Gasteiger partial charge in [-0.05, 0) is 6.42 Å². The third-order valence-electron chi connectivity index (χ3n) is 2.41. The van der Waals surface area contributed by atoms with Crippen molar-refractivity contribution in [3.8, 4) is 11.3 Å². The maximum Gasteiger partial charge on any atom is 0.116 e. The Morgan fingerprint density at radius 3 is 2.88 bits per heavy atom. The van der Waals surface area contributed by atoms with E-state index in [-0.39, 0.29) is 0 Å². The molecule has 0 saturated carbocycles. The van der Waals surface area contributed by atoms with Gasteiger partial charge in [-0.1, -0.05) is 12.1 Å². The van der Waals surface area contributed by atoms with Gasteiger partial charge in [0.05, 0.1) is 18.4 Å². The molecule has 2 aromatic heterocycles. The summed E-state index contributed by atoms with van der Waals surface area (Å²) < 4.78 is 3.55. The highest BCUT2D eigenvalue weighted by Gasteiger charge is 2.11. The fourth-order valence-corrected chi connectivity index (χ4v) is 1.67. The van der Waals surface area contributed by atoms with Crippen LogP contribution >= 0.6 is 0 Å². The largest absolute Gasteiger partial charge is 0.329 e. The number of nitrogens with zero attached hydrogens (tertiary/aromatic N) is 5. The highest BCUT2D eigenvalue weighted by atomic mass is 15.4. The van der Waals surface area contributed by atoms with E-state index in [2.05, 4.69) is 22.3 Å². The van der Waals surface area contributed by atoms with Gasteiger partial charge in [-0.25, -0.2) is 0 Å². The summed E-state index contributed by atoms with van der Waals surface area (Å²) in [6, 6.07) is 0. The molecule has 6 heteroatoms. The van der Waals surface area contributed by atoms with Crippen LogP contribution in [0.3, 0.4) is 0 Å². The molecule has 0 radical (unpaired) electrons. The summed E-state index contributed by atoms with van der Waals surface area (Å²) in [6.45, 7) is 3.33. The zero-order valence-corrected chi connectivity index (χ0v) is 9.59. The van der Waals surface area contributed by atoms with E-state index in [9.17, 15) is 0 Å². The normalized spacial score (nSPS) is 10.9. The number of nitrogens with two attached hydrogens (primary N) is 1. The van der Waals surface area contributed by atoms with Crippen molar-refractivity contribution in [2.24, 2.45) is 12.8 Å². The molecule has 2 aromatic rings. The first-order valence-corrected chi connectivity index (χ1v) is 5.37. The highest BCUT2D eigenvalue weighted by Crippen LogP contribution is 2.20. The van der Waals surface area contributed by atoms with Gasteiger partial charge in [0.15, 0.2) is 0 Å². The van der Waals surface area contributed by atoms with Gasteiger partial charge in [0, 0.05) is 25.4 Å². The Labute approximate surface area is 94.1 Å². The number of aromatic nitrogens is 5. The van der Waals surface area contributed by atoms with Crippen LogP contribution in [0, 0.1) is 0 Å². The van der Waals surface area contributed by atoms with Crippen LogP contribution in [0.25, 0.3) is 11.3 Å². The van der Waals surface area contributed by atoms with Crippen LogP contribution in [-0.2, 0) is 20.0 Å². The quantitative estimate of drug-likeness (QED) is 0.798. The van der Waals surface area contributed by atoms with Crippen LogP contribution in [0.2, 0.25) is 0 Å². The Morgan fingerprint density at radius 1 is 1.38 bits per heavy atom. The van der Waals surface area contributed by atoms with Crippen molar-refractivity contribution >= 4 is 0 Å². The molecule has 0 amide bonds. The van der Waals surface area contributed by atoms with Crippen LogP contribution < -0.4 is 5.73 Å². The summed E-state index contributed by atoms with van der Waals surface area (Å²) >= 11 is 0. The van der Waals surface area contributed by atoms with E-state index in [0.717, 1.165) is 23.4 Å². The SMILES string of the molecule is CCc1nn(C)cc1-c1cn(CCN)nn1. The molecule has 0 aliphatic heterocycles. The molecule has 0 unspecified atom stereocenters. The molecule has 0 fully saturated rings. The third kappa shape index (κ3) is 1.96. The molecular weight excluding hydrogens is 204 g/mol. The molecule has 0 bridgehead atoms. The number of hydrogen-bond acceptors (Lipinski definition) is 4. The van der Waals surface area contributed by atoms with Crippen LogP contribution in [-0.4, -0.2) is 31.3 Å². The van der Waals surface area contributed by atoms with Crippen LogP contribution in [0.1, 0.15) is 12.6 Å². The fourth-order valence-electron chi connectivity index (χ4n) is 1.67. The second-order valence-electron chi connectivity index (χ2n) is 3.67. The second-order valence-corrected chi connectivity index (χ2v) is 3.67. The summed E-state index contributed by atoms with van der Waals surface area (Å²) in [5.74, 6) is 0.